The molecule has 2 aromatic heterocycles. The van der Waals surface area contributed by atoms with Crippen LogP contribution in [0.15, 0.2) is 22.8 Å². The Hall–Kier alpha value is -2.06. The molecule has 0 saturated heterocycles. The highest BCUT2D eigenvalue weighted by Gasteiger charge is 2.46. The number of hydrogen-bond donors (Lipinski definition) is 1. The van der Waals surface area contributed by atoms with E-state index in [-0.39, 0.29) is 17.7 Å². The fraction of sp³-hybridized carbons (Fsp3) is 0.375. The minimum atomic E-state index is -0.0281. The van der Waals surface area contributed by atoms with Gasteiger partial charge in [0, 0.05) is 16.7 Å². The maximum atomic E-state index is 12.3. The molecule has 4 rings (SSSR count). The highest BCUT2D eigenvalue weighted by atomic mass is 32.1. The van der Waals surface area contributed by atoms with E-state index in [1.54, 1.807) is 17.6 Å². The number of amides is 1. The van der Waals surface area contributed by atoms with E-state index in [1.165, 1.54) is 4.88 Å². The molecule has 21 heavy (non-hydrogen) atoms. The van der Waals surface area contributed by atoms with Gasteiger partial charge in [0.25, 0.3) is 0 Å². The number of thiophene rings is 1. The summed E-state index contributed by atoms with van der Waals surface area (Å²) in [6.07, 6.45) is 5.58. The molecule has 1 N–H and O–H groups in total. The van der Waals surface area contributed by atoms with Crippen molar-refractivity contribution in [2.75, 3.05) is 5.32 Å². The van der Waals surface area contributed by atoms with Crippen molar-refractivity contribution in [3.8, 4) is 6.07 Å². The second kappa shape index (κ2) is 4.74. The SMILES string of the molecule is N#Cc1c(NC(=O)[C@@H]2C[C@@H]2c2ccco2)sc2c1CCC2. The van der Waals surface area contributed by atoms with E-state index in [4.69, 9.17) is 4.42 Å². The van der Waals surface area contributed by atoms with Crippen molar-refractivity contribution in [2.24, 2.45) is 5.92 Å². The van der Waals surface area contributed by atoms with Gasteiger partial charge in [-0.2, -0.15) is 5.26 Å². The molecule has 1 amide bonds. The van der Waals surface area contributed by atoms with Crippen LogP contribution in [0.1, 0.15) is 40.5 Å². The molecule has 0 aliphatic heterocycles. The van der Waals surface area contributed by atoms with E-state index < -0.39 is 0 Å². The van der Waals surface area contributed by atoms with Gasteiger partial charge in [-0.1, -0.05) is 0 Å². The van der Waals surface area contributed by atoms with Gasteiger partial charge in [-0.3, -0.25) is 4.79 Å². The smallest absolute Gasteiger partial charge is 0.228 e. The first-order chi connectivity index (χ1) is 10.3. The highest BCUT2D eigenvalue weighted by Crippen LogP contribution is 2.48. The summed E-state index contributed by atoms with van der Waals surface area (Å²) in [5.41, 5.74) is 1.83. The van der Waals surface area contributed by atoms with Gasteiger partial charge in [0.1, 0.15) is 16.8 Å². The summed E-state index contributed by atoms with van der Waals surface area (Å²) in [6.45, 7) is 0. The van der Waals surface area contributed by atoms with Gasteiger partial charge in [0.2, 0.25) is 5.91 Å². The number of nitrogens with one attached hydrogen (secondary N) is 1. The average molecular weight is 298 g/mol. The van der Waals surface area contributed by atoms with Crippen molar-refractivity contribution in [2.45, 2.75) is 31.6 Å². The molecule has 4 nitrogen and oxygen atoms in total. The van der Waals surface area contributed by atoms with Gasteiger partial charge >= 0.3 is 0 Å². The zero-order chi connectivity index (χ0) is 14.4. The molecule has 0 aromatic carbocycles. The Morgan fingerprint density at radius 2 is 2.38 bits per heavy atom. The topological polar surface area (TPSA) is 66.0 Å². The number of nitrogens with zero attached hydrogens (tertiary/aromatic N) is 1. The first-order valence-electron chi connectivity index (χ1n) is 7.17. The van der Waals surface area contributed by atoms with Crippen LogP contribution in [0.5, 0.6) is 0 Å². The van der Waals surface area contributed by atoms with Crippen LogP contribution in [0.3, 0.4) is 0 Å². The lowest BCUT2D eigenvalue weighted by molar-refractivity contribution is -0.117. The number of furan rings is 1. The van der Waals surface area contributed by atoms with Crippen molar-refractivity contribution in [3.05, 3.63) is 40.2 Å². The zero-order valence-electron chi connectivity index (χ0n) is 11.4. The third-order valence-electron chi connectivity index (χ3n) is 4.31. The molecule has 0 spiro atoms. The predicted molar refractivity (Wildman–Crippen MR) is 79.2 cm³/mol. The van der Waals surface area contributed by atoms with E-state index in [9.17, 15) is 10.1 Å². The Balaban J connectivity index is 1.50. The number of carbonyl (C=O) groups is 1. The summed E-state index contributed by atoms with van der Waals surface area (Å²) >= 11 is 1.57. The molecular weight excluding hydrogens is 284 g/mol. The van der Waals surface area contributed by atoms with Gasteiger partial charge in [-0.05, 0) is 43.4 Å². The zero-order valence-corrected chi connectivity index (χ0v) is 12.2. The number of carbonyl (C=O) groups excluding carboxylic acids is 1. The van der Waals surface area contributed by atoms with Crippen LogP contribution in [0.4, 0.5) is 5.00 Å². The Bertz CT molecular complexity index is 739. The molecule has 2 atom stereocenters. The van der Waals surface area contributed by atoms with Gasteiger partial charge in [0.15, 0.2) is 0 Å². The van der Waals surface area contributed by atoms with Crippen molar-refractivity contribution in [1.29, 1.82) is 5.26 Å². The Kier molecular flexibility index (Phi) is 2.86. The molecular formula is C16H14N2O2S. The summed E-state index contributed by atoms with van der Waals surface area (Å²) in [5, 5.41) is 13.0. The molecule has 2 heterocycles. The van der Waals surface area contributed by atoms with Crippen LogP contribution >= 0.6 is 11.3 Å². The molecule has 1 saturated carbocycles. The molecule has 2 aliphatic rings. The molecule has 5 heteroatoms. The van der Waals surface area contributed by atoms with E-state index in [0.29, 0.717) is 5.56 Å². The fourth-order valence-corrected chi connectivity index (χ4v) is 4.36. The molecule has 1 fully saturated rings. The summed E-state index contributed by atoms with van der Waals surface area (Å²) in [5.74, 6) is 1.05. The highest BCUT2D eigenvalue weighted by molar-refractivity contribution is 7.16. The number of fused-ring (bicyclic) bond motifs is 1. The number of nitriles is 1. The van der Waals surface area contributed by atoms with Gasteiger partial charge in [0.05, 0.1) is 11.8 Å². The standard InChI is InChI=1S/C16H14N2O2S/c17-8-12-9-3-1-5-14(9)21-16(12)18-15(19)11-7-10(11)13-4-2-6-20-13/h2,4,6,10-11H,1,3,5,7H2,(H,18,19)/t10-,11+/m0/s1. The van der Waals surface area contributed by atoms with E-state index >= 15 is 0 Å². The summed E-state index contributed by atoms with van der Waals surface area (Å²) in [7, 11) is 0. The lowest BCUT2D eigenvalue weighted by Crippen LogP contribution is -2.14. The number of aryl methyl sites for hydroxylation is 1. The molecule has 2 aromatic rings. The van der Waals surface area contributed by atoms with Crippen molar-refractivity contribution >= 4 is 22.2 Å². The third kappa shape index (κ3) is 2.07. The Labute approximate surface area is 126 Å². The number of rotatable bonds is 3. The Morgan fingerprint density at radius 1 is 1.48 bits per heavy atom. The second-order valence-corrected chi connectivity index (χ2v) is 6.73. The van der Waals surface area contributed by atoms with E-state index in [2.05, 4.69) is 11.4 Å². The van der Waals surface area contributed by atoms with Gasteiger partial charge < -0.3 is 9.73 Å². The summed E-state index contributed by atoms with van der Waals surface area (Å²) in [6, 6.07) is 6.02. The van der Waals surface area contributed by atoms with Crippen LogP contribution in [0, 0.1) is 17.2 Å². The maximum absolute atomic E-state index is 12.3. The molecule has 0 radical (unpaired) electrons. The fourth-order valence-electron chi connectivity index (χ4n) is 3.12. The monoisotopic (exact) mass is 298 g/mol. The first-order valence-corrected chi connectivity index (χ1v) is 7.98. The number of hydrogen-bond acceptors (Lipinski definition) is 4. The number of anilines is 1. The second-order valence-electron chi connectivity index (χ2n) is 5.63. The normalized spacial score (nSPS) is 22.6. The predicted octanol–water partition coefficient (Wildman–Crippen LogP) is 3.44. The van der Waals surface area contributed by atoms with E-state index in [0.717, 1.165) is 42.0 Å². The Morgan fingerprint density at radius 3 is 3.14 bits per heavy atom. The van der Waals surface area contributed by atoms with Crippen molar-refractivity contribution in [1.82, 2.24) is 0 Å². The lowest BCUT2D eigenvalue weighted by Gasteiger charge is -2.03. The third-order valence-corrected chi connectivity index (χ3v) is 5.51. The van der Waals surface area contributed by atoms with Gasteiger partial charge in [-0.15, -0.1) is 11.3 Å². The van der Waals surface area contributed by atoms with Crippen LogP contribution in [-0.2, 0) is 17.6 Å². The van der Waals surface area contributed by atoms with Crippen LogP contribution < -0.4 is 5.32 Å². The largest absolute Gasteiger partial charge is 0.469 e. The minimum Gasteiger partial charge on any atom is -0.469 e. The molecule has 0 unspecified atom stereocenters. The molecule has 2 aliphatic carbocycles. The summed E-state index contributed by atoms with van der Waals surface area (Å²) < 4.78 is 5.35. The van der Waals surface area contributed by atoms with Gasteiger partial charge in [-0.25, -0.2) is 0 Å². The lowest BCUT2D eigenvalue weighted by atomic mass is 10.1. The van der Waals surface area contributed by atoms with Crippen molar-refractivity contribution in [3.63, 3.8) is 0 Å². The van der Waals surface area contributed by atoms with Crippen molar-refractivity contribution < 1.29 is 9.21 Å². The van der Waals surface area contributed by atoms with Crippen LogP contribution in [0.2, 0.25) is 0 Å². The molecule has 0 bridgehead atoms. The summed E-state index contributed by atoms with van der Waals surface area (Å²) in [4.78, 5) is 13.6. The molecule has 106 valence electrons. The quantitative estimate of drug-likeness (QED) is 0.944. The van der Waals surface area contributed by atoms with E-state index in [1.807, 2.05) is 12.1 Å². The maximum Gasteiger partial charge on any atom is 0.228 e. The average Bonchev–Trinajstić information content (AvgIpc) is 2.84. The minimum absolute atomic E-state index is 0.00724. The first kappa shape index (κ1) is 12.7. The van der Waals surface area contributed by atoms with Crippen LogP contribution in [0.25, 0.3) is 0 Å². The van der Waals surface area contributed by atoms with Crippen LogP contribution in [-0.4, -0.2) is 5.91 Å².